The molecule has 1 amide bonds. The van der Waals surface area contributed by atoms with Gasteiger partial charge < -0.3 is 5.32 Å². The molecule has 2 aromatic rings. The second-order valence-electron chi connectivity index (χ2n) is 5.12. The molecule has 2 N–H and O–H groups in total. The Labute approximate surface area is 120 Å². The van der Waals surface area contributed by atoms with E-state index in [1.165, 1.54) is 30.3 Å². The van der Waals surface area contributed by atoms with Crippen LogP contribution in [0.15, 0.2) is 35.1 Å². The third kappa shape index (κ3) is 2.99. The predicted molar refractivity (Wildman–Crippen MR) is 74.5 cm³/mol. The Bertz CT molecular complexity index is 724. The van der Waals surface area contributed by atoms with Crippen LogP contribution < -0.4 is 10.9 Å². The summed E-state index contributed by atoms with van der Waals surface area (Å²) < 4.78 is 12.8. The topological polar surface area (TPSA) is 74.8 Å². The number of aromatic nitrogens is 2. The number of aromatic amines is 1. The predicted octanol–water partition coefficient (Wildman–Crippen LogP) is 1.20. The van der Waals surface area contributed by atoms with E-state index in [1.54, 1.807) is 0 Å². The Kier molecular flexibility index (Phi) is 3.51. The Balaban J connectivity index is 1.70. The summed E-state index contributed by atoms with van der Waals surface area (Å²) in [5.41, 5.74) is 1.93. The van der Waals surface area contributed by atoms with Crippen LogP contribution in [0.5, 0.6) is 0 Å². The minimum atomic E-state index is -0.372. The van der Waals surface area contributed by atoms with Gasteiger partial charge in [0.25, 0.3) is 11.5 Å². The highest BCUT2D eigenvalue weighted by Gasteiger charge is 2.22. The molecule has 0 saturated heterocycles. The molecule has 0 aliphatic heterocycles. The Morgan fingerprint density at radius 1 is 1.33 bits per heavy atom. The maximum absolute atomic E-state index is 12.8. The lowest BCUT2D eigenvalue weighted by atomic mass is 9.92. The van der Waals surface area contributed by atoms with Gasteiger partial charge >= 0.3 is 0 Å². The monoisotopic (exact) mass is 287 g/mol. The first kappa shape index (κ1) is 13.5. The number of carbonyl (C=O) groups excluding carboxylic acids is 1. The van der Waals surface area contributed by atoms with Crippen molar-refractivity contribution in [2.45, 2.75) is 25.3 Å². The number of fused-ring (bicyclic) bond motifs is 1. The zero-order valence-electron chi connectivity index (χ0n) is 11.2. The molecule has 0 saturated carbocycles. The van der Waals surface area contributed by atoms with Crippen LogP contribution in [0.1, 0.15) is 28.0 Å². The van der Waals surface area contributed by atoms with Crippen LogP contribution in [0.3, 0.4) is 0 Å². The average Bonchev–Trinajstić information content (AvgIpc) is 2.47. The fourth-order valence-electron chi connectivity index (χ4n) is 2.53. The molecule has 108 valence electrons. The number of halogens is 1. The highest BCUT2D eigenvalue weighted by atomic mass is 19.1. The molecule has 0 radical (unpaired) electrons. The molecule has 1 aliphatic rings. The van der Waals surface area contributed by atoms with Crippen LogP contribution in [0.25, 0.3) is 0 Å². The van der Waals surface area contributed by atoms with E-state index in [-0.39, 0.29) is 23.3 Å². The van der Waals surface area contributed by atoms with Crippen LogP contribution in [-0.2, 0) is 12.8 Å². The summed E-state index contributed by atoms with van der Waals surface area (Å²) in [6.45, 7) is 0. The molecule has 21 heavy (non-hydrogen) atoms. The molecule has 0 spiro atoms. The van der Waals surface area contributed by atoms with Gasteiger partial charge in [0.05, 0.1) is 5.69 Å². The largest absolute Gasteiger partial charge is 0.349 e. The third-order valence-corrected chi connectivity index (χ3v) is 3.61. The minimum absolute atomic E-state index is 0.0429. The van der Waals surface area contributed by atoms with E-state index in [9.17, 15) is 14.0 Å². The van der Waals surface area contributed by atoms with Crippen LogP contribution in [0.4, 0.5) is 4.39 Å². The number of H-pyrrole nitrogens is 1. The van der Waals surface area contributed by atoms with Crippen molar-refractivity contribution in [2.75, 3.05) is 0 Å². The quantitative estimate of drug-likeness (QED) is 0.871. The maximum atomic E-state index is 12.8. The smallest absolute Gasteiger partial charge is 0.264 e. The molecule has 1 aromatic carbocycles. The van der Waals surface area contributed by atoms with Crippen molar-refractivity contribution in [3.8, 4) is 0 Å². The van der Waals surface area contributed by atoms with E-state index in [1.807, 2.05) is 0 Å². The van der Waals surface area contributed by atoms with E-state index in [4.69, 9.17) is 0 Å². The van der Waals surface area contributed by atoms with Gasteiger partial charge in [0.15, 0.2) is 0 Å². The second kappa shape index (κ2) is 5.47. The number of hydrogen-bond acceptors (Lipinski definition) is 3. The van der Waals surface area contributed by atoms with E-state index in [0.717, 1.165) is 17.7 Å². The summed E-state index contributed by atoms with van der Waals surface area (Å²) in [4.78, 5) is 23.4. The van der Waals surface area contributed by atoms with Gasteiger partial charge in [-0.3, -0.25) is 9.59 Å². The first-order valence-electron chi connectivity index (χ1n) is 6.76. The molecule has 3 rings (SSSR count). The van der Waals surface area contributed by atoms with Crippen molar-refractivity contribution >= 4 is 5.91 Å². The lowest BCUT2D eigenvalue weighted by molar-refractivity contribution is 0.0933. The van der Waals surface area contributed by atoms with Crippen molar-refractivity contribution in [1.29, 1.82) is 0 Å². The van der Waals surface area contributed by atoms with E-state index >= 15 is 0 Å². The van der Waals surface area contributed by atoms with Gasteiger partial charge in [0, 0.05) is 17.7 Å². The zero-order valence-corrected chi connectivity index (χ0v) is 11.2. The SMILES string of the molecule is O=C(NC1CCc2n[nH]c(=O)cc2C1)c1ccc(F)cc1. The van der Waals surface area contributed by atoms with Crippen molar-refractivity contribution in [3.05, 3.63) is 63.3 Å². The third-order valence-electron chi connectivity index (χ3n) is 3.61. The number of aryl methyl sites for hydroxylation is 1. The summed E-state index contributed by atoms with van der Waals surface area (Å²) >= 11 is 0. The van der Waals surface area contributed by atoms with Crippen LogP contribution in [-0.4, -0.2) is 22.1 Å². The highest BCUT2D eigenvalue weighted by Crippen LogP contribution is 2.18. The summed E-state index contributed by atoms with van der Waals surface area (Å²) in [6.07, 6.45) is 2.05. The number of carbonyl (C=O) groups is 1. The Hall–Kier alpha value is -2.50. The first-order valence-corrected chi connectivity index (χ1v) is 6.76. The molecule has 1 atom stereocenters. The van der Waals surface area contributed by atoms with Gasteiger partial charge in [-0.1, -0.05) is 0 Å². The molecular weight excluding hydrogens is 273 g/mol. The lowest BCUT2D eigenvalue weighted by Crippen LogP contribution is -2.39. The van der Waals surface area contributed by atoms with E-state index in [0.29, 0.717) is 18.4 Å². The first-order chi connectivity index (χ1) is 10.1. The molecule has 1 unspecified atom stereocenters. The summed E-state index contributed by atoms with van der Waals surface area (Å²) in [5.74, 6) is -0.607. The van der Waals surface area contributed by atoms with Gasteiger partial charge in [-0.15, -0.1) is 0 Å². The molecule has 6 heteroatoms. The van der Waals surface area contributed by atoms with Crippen molar-refractivity contribution < 1.29 is 9.18 Å². The van der Waals surface area contributed by atoms with Gasteiger partial charge in [-0.25, -0.2) is 9.49 Å². The molecule has 5 nitrogen and oxygen atoms in total. The number of rotatable bonds is 2. The summed E-state index contributed by atoms with van der Waals surface area (Å²) in [7, 11) is 0. The number of benzene rings is 1. The van der Waals surface area contributed by atoms with Crippen molar-refractivity contribution in [3.63, 3.8) is 0 Å². The normalized spacial score (nSPS) is 17.1. The van der Waals surface area contributed by atoms with Gasteiger partial charge in [-0.2, -0.15) is 5.10 Å². The highest BCUT2D eigenvalue weighted by molar-refractivity contribution is 5.94. The molecule has 0 fully saturated rings. The van der Waals surface area contributed by atoms with E-state index < -0.39 is 0 Å². The maximum Gasteiger partial charge on any atom is 0.264 e. The molecule has 0 bridgehead atoms. The Morgan fingerprint density at radius 2 is 2.10 bits per heavy atom. The molecular formula is C15H14FN3O2. The fourth-order valence-corrected chi connectivity index (χ4v) is 2.53. The van der Waals surface area contributed by atoms with Crippen LogP contribution in [0, 0.1) is 5.82 Å². The molecule has 1 heterocycles. The Morgan fingerprint density at radius 3 is 2.86 bits per heavy atom. The van der Waals surface area contributed by atoms with Gasteiger partial charge in [0.1, 0.15) is 5.82 Å². The zero-order chi connectivity index (χ0) is 14.8. The number of amides is 1. The van der Waals surface area contributed by atoms with Crippen LogP contribution in [0.2, 0.25) is 0 Å². The standard InChI is InChI=1S/C15H14FN3O2/c16-11-3-1-9(2-4-11)15(21)17-12-5-6-13-10(7-12)8-14(20)19-18-13/h1-4,8,12H,5-7H2,(H,17,21)(H,19,20). The van der Waals surface area contributed by atoms with Crippen molar-refractivity contribution in [1.82, 2.24) is 15.5 Å². The van der Waals surface area contributed by atoms with Crippen molar-refractivity contribution in [2.24, 2.45) is 0 Å². The fraction of sp³-hybridized carbons (Fsp3) is 0.267. The average molecular weight is 287 g/mol. The molecule has 1 aliphatic carbocycles. The second-order valence-corrected chi connectivity index (χ2v) is 5.12. The lowest BCUT2D eigenvalue weighted by Gasteiger charge is -2.24. The number of hydrogen-bond donors (Lipinski definition) is 2. The summed E-state index contributed by atoms with van der Waals surface area (Å²) in [5, 5.41) is 9.34. The summed E-state index contributed by atoms with van der Waals surface area (Å²) in [6, 6.07) is 6.90. The molecule has 1 aromatic heterocycles. The number of nitrogens with one attached hydrogen (secondary N) is 2. The van der Waals surface area contributed by atoms with Crippen LogP contribution >= 0.6 is 0 Å². The minimum Gasteiger partial charge on any atom is -0.349 e. The van der Waals surface area contributed by atoms with Gasteiger partial charge in [-0.05, 0) is 49.1 Å². The van der Waals surface area contributed by atoms with Gasteiger partial charge in [0.2, 0.25) is 0 Å². The van der Waals surface area contributed by atoms with E-state index in [2.05, 4.69) is 15.5 Å². The number of nitrogens with zero attached hydrogens (tertiary/aromatic N) is 1.